The predicted molar refractivity (Wildman–Crippen MR) is 74.5 cm³/mol. The van der Waals surface area contributed by atoms with Gasteiger partial charge in [0.05, 0.1) is 0 Å². The molecule has 0 aliphatic carbocycles. The van der Waals surface area contributed by atoms with Crippen molar-refractivity contribution < 1.29 is 8.78 Å². The van der Waals surface area contributed by atoms with E-state index in [9.17, 15) is 8.78 Å². The van der Waals surface area contributed by atoms with Crippen molar-refractivity contribution in [3.63, 3.8) is 0 Å². The highest BCUT2D eigenvalue weighted by molar-refractivity contribution is 9.10. The maximum Gasteiger partial charge on any atom is 0.132 e. The smallest absolute Gasteiger partial charge is 0.132 e. The summed E-state index contributed by atoms with van der Waals surface area (Å²) in [5.74, 6) is -0.510. The summed E-state index contributed by atoms with van der Waals surface area (Å²) < 4.78 is 28.2. The number of halogens is 3. The minimum absolute atomic E-state index is 0.146. The molecule has 1 rings (SSSR count). The molecule has 0 bridgehead atoms. The Kier molecular flexibility index (Phi) is 6.22. The van der Waals surface area contributed by atoms with Crippen LogP contribution in [0.25, 0.3) is 0 Å². The second kappa shape index (κ2) is 7.19. The molecule has 1 aromatic rings. The van der Waals surface area contributed by atoms with E-state index in [0.717, 1.165) is 19.3 Å². The van der Waals surface area contributed by atoms with Crippen LogP contribution in [0.1, 0.15) is 44.7 Å². The predicted octanol–water partition coefficient (Wildman–Crippen LogP) is 4.81. The Balaban J connectivity index is 3.01. The lowest BCUT2D eigenvalue weighted by atomic mass is 9.91. The highest BCUT2D eigenvalue weighted by Crippen LogP contribution is 2.30. The van der Waals surface area contributed by atoms with Crippen LogP contribution < -0.4 is 5.32 Å². The zero-order valence-electron chi connectivity index (χ0n) is 11.1. The lowest BCUT2D eigenvalue weighted by molar-refractivity contribution is 0.368. The second-order valence-electron chi connectivity index (χ2n) is 4.54. The average Bonchev–Trinajstić information content (AvgIpc) is 2.32. The second-order valence-corrected chi connectivity index (χ2v) is 5.46. The minimum Gasteiger partial charge on any atom is -0.313 e. The van der Waals surface area contributed by atoms with Crippen molar-refractivity contribution in [3.05, 3.63) is 33.8 Å². The SMILES string of the molecule is CCC(CC)CC(NC)c1c(F)cc(Br)cc1F. The maximum absolute atomic E-state index is 13.9. The lowest BCUT2D eigenvalue weighted by Crippen LogP contribution is -2.22. The summed E-state index contributed by atoms with van der Waals surface area (Å²) in [6, 6.07) is 2.36. The van der Waals surface area contributed by atoms with Gasteiger partial charge in [-0.05, 0) is 31.5 Å². The normalized spacial score (nSPS) is 13.1. The van der Waals surface area contributed by atoms with Crippen molar-refractivity contribution in [2.75, 3.05) is 7.05 Å². The molecule has 0 aliphatic rings. The van der Waals surface area contributed by atoms with E-state index in [0.29, 0.717) is 10.4 Å². The summed E-state index contributed by atoms with van der Waals surface area (Å²) >= 11 is 3.10. The third-order valence-electron chi connectivity index (χ3n) is 3.46. The fourth-order valence-electron chi connectivity index (χ4n) is 2.22. The molecule has 1 nitrogen and oxygen atoms in total. The standard InChI is InChI=1S/C14H20BrF2N/c1-4-9(5-2)6-13(18-3)14-11(16)7-10(15)8-12(14)17/h7-9,13,18H,4-6H2,1-3H3. The van der Waals surface area contributed by atoms with Crippen LogP contribution in [0, 0.1) is 17.6 Å². The van der Waals surface area contributed by atoms with Gasteiger partial charge in [-0.15, -0.1) is 0 Å². The van der Waals surface area contributed by atoms with Crippen LogP contribution in [0.5, 0.6) is 0 Å². The first kappa shape index (κ1) is 15.6. The van der Waals surface area contributed by atoms with Gasteiger partial charge in [0.15, 0.2) is 0 Å². The van der Waals surface area contributed by atoms with Gasteiger partial charge >= 0.3 is 0 Å². The van der Waals surface area contributed by atoms with Gasteiger partial charge in [0.25, 0.3) is 0 Å². The van der Waals surface area contributed by atoms with Crippen molar-refractivity contribution in [3.8, 4) is 0 Å². The highest BCUT2D eigenvalue weighted by atomic mass is 79.9. The first-order chi connectivity index (χ1) is 8.53. The van der Waals surface area contributed by atoms with Crippen molar-refractivity contribution in [2.24, 2.45) is 5.92 Å². The largest absolute Gasteiger partial charge is 0.313 e. The first-order valence-corrected chi connectivity index (χ1v) is 7.14. The van der Waals surface area contributed by atoms with Gasteiger partial charge < -0.3 is 5.32 Å². The molecule has 1 aromatic carbocycles. The van der Waals surface area contributed by atoms with Crippen LogP contribution in [0.2, 0.25) is 0 Å². The Morgan fingerprint density at radius 3 is 2.06 bits per heavy atom. The molecule has 1 N–H and O–H groups in total. The maximum atomic E-state index is 13.9. The van der Waals surface area contributed by atoms with Gasteiger partial charge in [-0.1, -0.05) is 42.6 Å². The molecule has 1 unspecified atom stereocenters. The minimum atomic E-state index is -0.493. The molecule has 0 aliphatic heterocycles. The summed E-state index contributed by atoms with van der Waals surface area (Å²) in [5, 5.41) is 3.02. The van der Waals surface area contributed by atoms with E-state index in [1.807, 2.05) is 0 Å². The zero-order valence-corrected chi connectivity index (χ0v) is 12.7. The molecule has 0 heterocycles. The Labute approximate surface area is 116 Å². The number of hydrogen-bond acceptors (Lipinski definition) is 1. The number of rotatable bonds is 6. The van der Waals surface area contributed by atoms with Gasteiger partial charge in [-0.2, -0.15) is 0 Å². The summed E-state index contributed by atoms with van der Waals surface area (Å²) in [4.78, 5) is 0. The molecule has 4 heteroatoms. The third-order valence-corrected chi connectivity index (χ3v) is 3.92. The number of benzene rings is 1. The van der Waals surface area contributed by atoms with Crippen LogP contribution >= 0.6 is 15.9 Å². The molecule has 102 valence electrons. The summed E-state index contributed by atoms with van der Waals surface area (Å²) in [7, 11) is 1.74. The average molecular weight is 320 g/mol. The molecular formula is C14H20BrF2N. The van der Waals surface area contributed by atoms with Crippen molar-refractivity contribution in [1.82, 2.24) is 5.32 Å². The van der Waals surface area contributed by atoms with Crippen molar-refractivity contribution >= 4 is 15.9 Å². The monoisotopic (exact) mass is 319 g/mol. The molecule has 0 saturated carbocycles. The summed E-state index contributed by atoms with van der Waals surface area (Å²) in [5.41, 5.74) is 0.146. The van der Waals surface area contributed by atoms with Crippen LogP contribution in [0.4, 0.5) is 8.78 Å². The van der Waals surface area contributed by atoms with E-state index in [1.54, 1.807) is 7.05 Å². The van der Waals surface area contributed by atoms with E-state index in [-0.39, 0.29) is 11.6 Å². The Bertz CT molecular complexity index is 368. The van der Waals surface area contributed by atoms with Gasteiger partial charge in [-0.3, -0.25) is 0 Å². The third kappa shape index (κ3) is 3.75. The summed E-state index contributed by atoms with van der Waals surface area (Å²) in [6.45, 7) is 4.21. The molecule has 0 amide bonds. The van der Waals surface area contributed by atoms with Gasteiger partial charge in [-0.25, -0.2) is 8.78 Å². The number of nitrogens with one attached hydrogen (secondary N) is 1. The van der Waals surface area contributed by atoms with E-state index < -0.39 is 11.6 Å². The number of hydrogen-bond donors (Lipinski definition) is 1. The molecule has 0 radical (unpaired) electrons. The quantitative estimate of drug-likeness (QED) is 0.793. The van der Waals surface area contributed by atoms with Crippen LogP contribution in [-0.2, 0) is 0 Å². The topological polar surface area (TPSA) is 12.0 Å². The van der Waals surface area contributed by atoms with E-state index in [4.69, 9.17) is 0 Å². The van der Waals surface area contributed by atoms with E-state index in [1.165, 1.54) is 12.1 Å². The van der Waals surface area contributed by atoms with Crippen LogP contribution in [0.3, 0.4) is 0 Å². The molecule has 0 saturated heterocycles. The molecule has 0 fully saturated rings. The fraction of sp³-hybridized carbons (Fsp3) is 0.571. The Morgan fingerprint density at radius 1 is 1.17 bits per heavy atom. The fourth-order valence-corrected chi connectivity index (χ4v) is 2.62. The summed E-state index contributed by atoms with van der Waals surface area (Å²) in [6.07, 6.45) is 2.79. The van der Waals surface area contributed by atoms with Crippen LogP contribution in [-0.4, -0.2) is 7.05 Å². The van der Waals surface area contributed by atoms with Crippen LogP contribution in [0.15, 0.2) is 16.6 Å². The molecule has 0 spiro atoms. The van der Waals surface area contributed by atoms with Crippen molar-refractivity contribution in [2.45, 2.75) is 39.2 Å². The zero-order chi connectivity index (χ0) is 13.7. The van der Waals surface area contributed by atoms with Gasteiger partial charge in [0, 0.05) is 16.1 Å². The Hall–Kier alpha value is -0.480. The lowest BCUT2D eigenvalue weighted by Gasteiger charge is -2.23. The molecular weight excluding hydrogens is 300 g/mol. The van der Waals surface area contributed by atoms with E-state index in [2.05, 4.69) is 35.1 Å². The van der Waals surface area contributed by atoms with Crippen molar-refractivity contribution in [1.29, 1.82) is 0 Å². The van der Waals surface area contributed by atoms with Gasteiger partial charge in [0.2, 0.25) is 0 Å². The molecule has 0 aromatic heterocycles. The highest BCUT2D eigenvalue weighted by Gasteiger charge is 2.22. The molecule has 1 atom stereocenters. The van der Waals surface area contributed by atoms with E-state index >= 15 is 0 Å². The molecule has 18 heavy (non-hydrogen) atoms. The van der Waals surface area contributed by atoms with Gasteiger partial charge in [0.1, 0.15) is 11.6 Å². The Morgan fingerprint density at radius 2 is 1.67 bits per heavy atom. The first-order valence-electron chi connectivity index (χ1n) is 6.35.